The Bertz CT molecular complexity index is 1330. The van der Waals surface area contributed by atoms with Gasteiger partial charge in [0.1, 0.15) is 0 Å². The molecule has 0 bridgehead atoms. The van der Waals surface area contributed by atoms with Gasteiger partial charge < -0.3 is 5.32 Å². The summed E-state index contributed by atoms with van der Waals surface area (Å²) >= 11 is 0. The maximum absolute atomic E-state index is 13.4. The van der Waals surface area contributed by atoms with Crippen LogP contribution in [-0.4, -0.2) is 32.1 Å². The largest absolute Gasteiger partial charge is 0.381 e. The van der Waals surface area contributed by atoms with Crippen molar-refractivity contribution in [3.05, 3.63) is 107 Å². The van der Waals surface area contributed by atoms with E-state index < -0.39 is 10.0 Å². The van der Waals surface area contributed by atoms with E-state index in [0.29, 0.717) is 12.5 Å². The van der Waals surface area contributed by atoms with Gasteiger partial charge in [-0.25, -0.2) is 8.42 Å². The van der Waals surface area contributed by atoms with Gasteiger partial charge in [-0.2, -0.15) is 0 Å². The molecule has 1 aliphatic carbocycles. The lowest BCUT2D eigenvalue weighted by Crippen LogP contribution is -2.44. The number of aryl methyl sites for hydroxylation is 1. The van der Waals surface area contributed by atoms with E-state index in [2.05, 4.69) is 53.8 Å². The van der Waals surface area contributed by atoms with Crippen LogP contribution in [0.15, 0.2) is 94.9 Å². The van der Waals surface area contributed by atoms with E-state index in [4.69, 9.17) is 4.84 Å². The van der Waals surface area contributed by atoms with Crippen molar-refractivity contribution >= 4 is 15.7 Å². The molecule has 33 heavy (non-hydrogen) atoms. The Morgan fingerprint density at radius 3 is 2.45 bits per heavy atom. The van der Waals surface area contributed by atoms with Gasteiger partial charge in [0, 0.05) is 23.6 Å². The summed E-state index contributed by atoms with van der Waals surface area (Å²) in [4.78, 5) is 6.14. The molecule has 0 saturated heterocycles. The average molecular weight is 459 g/mol. The SMILES string of the molecule is Cc1ccc(S(=O)(=O)N2CC3=C(CO2)C[C@H]2c4ccccc4N[C@H]2C3c2ccccc2)cc1. The second-order valence-electron chi connectivity index (χ2n) is 9.14. The molecule has 168 valence electrons. The van der Waals surface area contributed by atoms with E-state index in [1.165, 1.54) is 26.9 Å². The summed E-state index contributed by atoms with van der Waals surface area (Å²) in [7, 11) is -3.75. The molecular weight excluding hydrogens is 432 g/mol. The Labute approximate surface area is 194 Å². The summed E-state index contributed by atoms with van der Waals surface area (Å²) in [6, 6.07) is 26.1. The smallest absolute Gasteiger partial charge is 0.265 e. The van der Waals surface area contributed by atoms with Crippen LogP contribution in [0.25, 0.3) is 0 Å². The van der Waals surface area contributed by atoms with Crippen LogP contribution in [0.5, 0.6) is 0 Å². The van der Waals surface area contributed by atoms with Crippen molar-refractivity contribution in [2.45, 2.75) is 36.1 Å². The molecule has 2 heterocycles. The highest BCUT2D eigenvalue weighted by Gasteiger charge is 2.46. The monoisotopic (exact) mass is 458 g/mol. The molecule has 3 aliphatic rings. The zero-order chi connectivity index (χ0) is 22.6. The molecule has 3 aromatic rings. The van der Waals surface area contributed by atoms with Crippen molar-refractivity contribution in [1.82, 2.24) is 4.47 Å². The van der Waals surface area contributed by atoms with Gasteiger partial charge in [-0.05, 0) is 53.8 Å². The molecule has 5 nitrogen and oxygen atoms in total. The lowest BCUT2D eigenvalue weighted by Gasteiger charge is -2.42. The highest BCUT2D eigenvalue weighted by molar-refractivity contribution is 7.89. The van der Waals surface area contributed by atoms with Crippen LogP contribution in [0, 0.1) is 6.92 Å². The Hall–Kier alpha value is -2.93. The fourth-order valence-electron chi connectivity index (χ4n) is 5.56. The Balaban J connectivity index is 1.40. The van der Waals surface area contributed by atoms with Crippen molar-refractivity contribution in [3.8, 4) is 0 Å². The standard InChI is InChI=1S/C27H26N2O3S/c1-18-11-13-21(14-12-18)33(30,31)29-16-24-20(17-32-29)15-23-22-9-5-6-10-25(22)28-27(23)26(24)19-7-3-2-4-8-19/h2-14,23,26-28H,15-17H2,1H3/t23-,26?,27+/m0/s1. The van der Waals surface area contributed by atoms with Gasteiger partial charge >= 0.3 is 0 Å². The fourth-order valence-corrected chi connectivity index (χ4v) is 6.77. The minimum Gasteiger partial charge on any atom is -0.381 e. The molecule has 0 fully saturated rings. The molecule has 0 spiro atoms. The van der Waals surface area contributed by atoms with Crippen molar-refractivity contribution in [2.24, 2.45) is 0 Å². The summed E-state index contributed by atoms with van der Waals surface area (Å²) in [5.41, 5.74) is 7.12. The van der Waals surface area contributed by atoms with Crippen LogP contribution in [0.4, 0.5) is 5.69 Å². The summed E-state index contributed by atoms with van der Waals surface area (Å²) in [5, 5.41) is 3.77. The van der Waals surface area contributed by atoms with Gasteiger partial charge in [-0.3, -0.25) is 4.84 Å². The molecule has 3 aromatic carbocycles. The molecule has 1 N–H and O–H groups in total. The number of hydroxylamine groups is 1. The summed E-state index contributed by atoms with van der Waals surface area (Å²) in [6.45, 7) is 2.49. The molecule has 0 amide bonds. The van der Waals surface area contributed by atoms with Crippen LogP contribution in [0.1, 0.15) is 34.9 Å². The van der Waals surface area contributed by atoms with Gasteiger partial charge in [0.2, 0.25) is 0 Å². The van der Waals surface area contributed by atoms with Crippen LogP contribution in [0.3, 0.4) is 0 Å². The molecule has 3 atom stereocenters. The van der Waals surface area contributed by atoms with E-state index in [0.717, 1.165) is 17.6 Å². The average Bonchev–Trinajstić information content (AvgIpc) is 3.21. The van der Waals surface area contributed by atoms with Crippen LogP contribution in [-0.2, 0) is 14.9 Å². The first-order valence-corrected chi connectivity index (χ1v) is 12.8. The molecule has 0 saturated carbocycles. The number of rotatable bonds is 3. The number of hydrogen-bond acceptors (Lipinski definition) is 4. The Kier molecular flexibility index (Phi) is 4.91. The predicted octanol–water partition coefficient (Wildman–Crippen LogP) is 4.99. The number of benzene rings is 3. The quantitative estimate of drug-likeness (QED) is 0.562. The molecule has 6 rings (SSSR count). The third-order valence-electron chi connectivity index (χ3n) is 7.20. The highest BCUT2D eigenvalue weighted by atomic mass is 32.2. The Morgan fingerprint density at radius 2 is 1.67 bits per heavy atom. The van der Waals surface area contributed by atoms with E-state index >= 15 is 0 Å². The molecule has 2 aliphatic heterocycles. The zero-order valence-corrected chi connectivity index (χ0v) is 19.3. The van der Waals surface area contributed by atoms with Crippen LogP contribution < -0.4 is 5.32 Å². The summed E-state index contributed by atoms with van der Waals surface area (Å²) in [6.07, 6.45) is 0.881. The number of hydrogen-bond donors (Lipinski definition) is 1. The molecular formula is C27H26N2O3S. The van der Waals surface area contributed by atoms with Crippen LogP contribution in [0.2, 0.25) is 0 Å². The zero-order valence-electron chi connectivity index (χ0n) is 18.4. The van der Waals surface area contributed by atoms with E-state index in [9.17, 15) is 8.42 Å². The topological polar surface area (TPSA) is 58.6 Å². The summed E-state index contributed by atoms with van der Waals surface area (Å²) < 4.78 is 28.0. The first-order chi connectivity index (χ1) is 16.0. The highest BCUT2D eigenvalue weighted by Crippen LogP contribution is 2.52. The Morgan fingerprint density at radius 1 is 0.939 bits per heavy atom. The maximum Gasteiger partial charge on any atom is 0.265 e. The molecule has 1 unspecified atom stereocenters. The number of nitrogens with one attached hydrogen (secondary N) is 1. The lowest BCUT2D eigenvalue weighted by atomic mass is 9.69. The van der Waals surface area contributed by atoms with Crippen molar-refractivity contribution < 1.29 is 13.3 Å². The number of fused-ring (bicyclic) bond motifs is 3. The molecule has 0 radical (unpaired) electrons. The molecule has 0 aromatic heterocycles. The first-order valence-electron chi connectivity index (χ1n) is 11.4. The van der Waals surface area contributed by atoms with Crippen molar-refractivity contribution in [3.63, 3.8) is 0 Å². The minimum atomic E-state index is -3.75. The van der Waals surface area contributed by atoms with Gasteiger partial charge in [-0.1, -0.05) is 70.7 Å². The van der Waals surface area contributed by atoms with Gasteiger partial charge in [0.25, 0.3) is 10.0 Å². The van der Waals surface area contributed by atoms with Gasteiger partial charge in [-0.15, -0.1) is 0 Å². The molecule has 6 heteroatoms. The third kappa shape index (κ3) is 3.41. The minimum absolute atomic E-state index is 0.0759. The second-order valence-corrected chi connectivity index (χ2v) is 11.0. The van der Waals surface area contributed by atoms with Crippen molar-refractivity contribution in [2.75, 3.05) is 18.5 Å². The van der Waals surface area contributed by atoms with E-state index in [1.807, 2.05) is 25.1 Å². The van der Waals surface area contributed by atoms with Crippen molar-refractivity contribution in [1.29, 1.82) is 0 Å². The third-order valence-corrected chi connectivity index (χ3v) is 8.84. The van der Waals surface area contributed by atoms with E-state index in [-0.39, 0.29) is 23.4 Å². The van der Waals surface area contributed by atoms with E-state index in [1.54, 1.807) is 12.1 Å². The number of sulfonamides is 1. The maximum atomic E-state index is 13.4. The number of anilines is 1. The van der Waals surface area contributed by atoms with Gasteiger partial charge in [0.15, 0.2) is 0 Å². The normalized spacial score (nSPS) is 24.6. The van der Waals surface area contributed by atoms with Crippen LogP contribution >= 0.6 is 0 Å². The second kappa shape index (κ2) is 7.83. The summed E-state index contributed by atoms with van der Waals surface area (Å²) in [5.74, 6) is 0.418. The number of para-hydroxylation sites is 1. The lowest BCUT2D eigenvalue weighted by molar-refractivity contribution is -0.0799. The fraction of sp³-hybridized carbons (Fsp3) is 0.259. The number of nitrogens with zero attached hydrogens (tertiary/aromatic N) is 1. The van der Waals surface area contributed by atoms with Gasteiger partial charge in [0.05, 0.1) is 18.0 Å². The predicted molar refractivity (Wildman–Crippen MR) is 128 cm³/mol. The first kappa shape index (κ1) is 20.7.